The van der Waals surface area contributed by atoms with Gasteiger partial charge < -0.3 is 10.6 Å². The van der Waals surface area contributed by atoms with E-state index < -0.39 is 0 Å². The molecule has 2 atom stereocenters. The molecule has 54 valence electrons. The third-order valence-electron chi connectivity index (χ3n) is 2.04. The molecule has 1 aliphatic heterocycles. The summed E-state index contributed by atoms with van der Waals surface area (Å²) in [4.78, 5) is 0. The number of nitrogens with one attached hydrogen (secondary N) is 2. The first-order valence-corrected chi connectivity index (χ1v) is 3.77. The van der Waals surface area contributed by atoms with Crippen molar-refractivity contribution >= 4 is 0 Å². The summed E-state index contributed by atoms with van der Waals surface area (Å²) in [6, 6.07) is 1.26. The van der Waals surface area contributed by atoms with E-state index >= 15 is 0 Å². The average molecular weight is 128 g/mol. The van der Waals surface area contributed by atoms with Gasteiger partial charge in [0.05, 0.1) is 0 Å². The number of rotatable bonds is 0. The van der Waals surface area contributed by atoms with Gasteiger partial charge in [-0.25, -0.2) is 0 Å². The molecule has 1 rings (SSSR count). The van der Waals surface area contributed by atoms with Crippen LogP contribution in [-0.2, 0) is 0 Å². The van der Waals surface area contributed by atoms with Crippen molar-refractivity contribution in [2.75, 3.05) is 13.1 Å². The van der Waals surface area contributed by atoms with Crippen LogP contribution in [0.25, 0.3) is 0 Å². The maximum absolute atomic E-state index is 3.43. The molecule has 0 aromatic heterocycles. The average Bonchev–Trinajstić information content (AvgIpc) is 1.99. The van der Waals surface area contributed by atoms with Gasteiger partial charge in [-0.15, -0.1) is 0 Å². The largest absolute Gasteiger partial charge is 0.313 e. The molecule has 2 N–H and O–H groups in total. The Morgan fingerprint density at radius 2 is 1.44 bits per heavy atom. The third-order valence-corrected chi connectivity index (χ3v) is 2.04. The van der Waals surface area contributed by atoms with Crippen molar-refractivity contribution in [1.29, 1.82) is 0 Å². The molecule has 0 radical (unpaired) electrons. The van der Waals surface area contributed by atoms with Gasteiger partial charge in [0, 0.05) is 12.1 Å². The molecular formula is C7H16N2. The summed E-state index contributed by atoms with van der Waals surface area (Å²) in [6.07, 6.45) is 1.26. The molecule has 1 aliphatic rings. The van der Waals surface area contributed by atoms with Gasteiger partial charge in [-0.05, 0) is 33.4 Å². The van der Waals surface area contributed by atoms with Crippen LogP contribution in [0.1, 0.15) is 20.3 Å². The molecule has 0 aliphatic carbocycles. The van der Waals surface area contributed by atoms with Gasteiger partial charge in [-0.3, -0.25) is 0 Å². The molecule has 0 amide bonds. The second-order valence-electron chi connectivity index (χ2n) is 2.84. The first-order chi connectivity index (χ1) is 4.30. The molecule has 0 aromatic rings. The van der Waals surface area contributed by atoms with E-state index in [1.165, 1.54) is 19.5 Å². The van der Waals surface area contributed by atoms with Gasteiger partial charge in [0.25, 0.3) is 0 Å². The lowest BCUT2D eigenvalue weighted by molar-refractivity contribution is 0.460. The van der Waals surface area contributed by atoms with Crippen molar-refractivity contribution < 1.29 is 0 Å². The molecule has 0 bridgehead atoms. The van der Waals surface area contributed by atoms with Crippen LogP contribution in [-0.4, -0.2) is 25.2 Å². The molecular weight excluding hydrogens is 112 g/mol. The quantitative estimate of drug-likeness (QED) is 0.492. The Labute approximate surface area is 57.0 Å². The van der Waals surface area contributed by atoms with Crippen LogP contribution in [0.2, 0.25) is 0 Å². The predicted molar refractivity (Wildman–Crippen MR) is 39.5 cm³/mol. The Balaban J connectivity index is 2.32. The maximum atomic E-state index is 3.43. The highest BCUT2D eigenvalue weighted by Gasteiger charge is 2.12. The summed E-state index contributed by atoms with van der Waals surface area (Å²) < 4.78 is 0. The zero-order valence-corrected chi connectivity index (χ0v) is 6.28. The Kier molecular flexibility index (Phi) is 2.49. The van der Waals surface area contributed by atoms with Gasteiger partial charge in [0.15, 0.2) is 0 Å². The first kappa shape index (κ1) is 7.03. The number of hydrogen-bond donors (Lipinski definition) is 2. The third kappa shape index (κ3) is 1.95. The van der Waals surface area contributed by atoms with E-state index in [1.807, 2.05) is 0 Å². The van der Waals surface area contributed by atoms with Gasteiger partial charge in [0.1, 0.15) is 0 Å². The molecule has 0 saturated carbocycles. The van der Waals surface area contributed by atoms with Gasteiger partial charge in [-0.2, -0.15) is 0 Å². The highest BCUT2D eigenvalue weighted by atomic mass is 15.0. The molecule has 2 nitrogen and oxygen atoms in total. The maximum Gasteiger partial charge on any atom is 0.0190 e. The van der Waals surface area contributed by atoms with E-state index in [1.54, 1.807) is 0 Å². The van der Waals surface area contributed by atoms with E-state index in [2.05, 4.69) is 24.5 Å². The SMILES string of the molecule is C[C@@H]1NCCCN[C@H]1C. The van der Waals surface area contributed by atoms with E-state index in [-0.39, 0.29) is 0 Å². The molecule has 2 heteroatoms. The Morgan fingerprint density at radius 1 is 1.00 bits per heavy atom. The molecule has 0 spiro atoms. The summed E-state index contributed by atoms with van der Waals surface area (Å²) in [6.45, 7) is 6.78. The molecule has 0 aromatic carbocycles. The zero-order chi connectivity index (χ0) is 6.69. The van der Waals surface area contributed by atoms with E-state index in [0.29, 0.717) is 12.1 Å². The van der Waals surface area contributed by atoms with Crippen molar-refractivity contribution in [3.8, 4) is 0 Å². The van der Waals surface area contributed by atoms with Gasteiger partial charge >= 0.3 is 0 Å². The Morgan fingerprint density at radius 3 is 1.89 bits per heavy atom. The van der Waals surface area contributed by atoms with Crippen molar-refractivity contribution in [1.82, 2.24) is 10.6 Å². The van der Waals surface area contributed by atoms with Crippen LogP contribution < -0.4 is 10.6 Å². The predicted octanol–water partition coefficient (Wildman–Crippen LogP) is 0.346. The molecule has 1 fully saturated rings. The second kappa shape index (κ2) is 3.18. The van der Waals surface area contributed by atoms with Crippen LogP contribution >= 0.6 is 0 Å². The summed E-state index contributed by atoms with van der Waals surface area (Å²) in [5.41, 5.74) is 0. The second-order valence-corrected chi connectivity index (χ2v) is 2.84. The topological polar surface area (TPSA) is 24.1 Å². The van der Waals surface area contributed by atoms with E-state index in [9.17, 15) is 0 Å². The molecule has 9 heavy (non-hydrogen) atoms. The van der Waals surface area contributed by atoms with Crippen molar-refractivity contribution in [2.45, 2.75) is 32.4 Å². The first-order valence-electron chi connectivity index (χ1n) is 3.77. The van der Waals surface area contributed by atoms with Gasteiger partial charge in [0.2, 0.25) is 0 Å². The van der Waals surface area contributed by atoms with Crippen LogP contribution in [0.3, 0.4) is 0 Å². The fraction of sp³-hybridized carbons (Fsp3) is 1.00. The van der Waals surface area contributed by atoms with Crippen molar-refractivity contribution in [3.63, 3.8) is 0 Å². The molecule has 1 heterocycles. The van der Waals surface area contributed by atoms with E-state index in [4.69, 9.17) is 0 Å². The number of hydrogen-bond acceptors (Lipinski definition) is 2. The van der Waals surface area contributed by atoms with Crippen LogP contribution in [0.15, 0.2) is 0 Å². The smallest absolute Gasteiger partial charge is 0.0190 e. The van der Waals surface area contributed by atoms with Crippen molar-refractivity contribution in [2.24, 2.45) is 0 Å². The highest BCUT2D eigenvalue weighted by molar-refractivity contribution is 4.77. The minimum atomic E-state index is 0.632. The molecule has 1 saturated heterocycles. The zero-order valence-electron chi connectivity index (χ0n) is 6.28. The van der Waals surface area contributed by atoms with Crippen LogP contribution in [0.5, 0.6) is 0 Å². The van der Waals surface area contributed by atoms with Crippen LogP contribution in [0.4, 0.5) is 0 Å². The van der Waals surface area contributed by atoms with Crippen LogP contribution in [0, 0.1) is 0 Å². The summed E-state index contributed by atoms with van der Waals surface area (Å²) in [5.74, 6) is 0. The lowest BCUT2D eigenvalue weighted by Gasteiger charge is -2.17. The lowest BCUT2D eigenvalue weighted by Crippen LogP contribution is -2.40. The molecule has 0 unspecified atom stereocenters. The van der Waals surface area contributed by atoms with Crippen molar-refractivity contribution in [3.05, 3.63) is 0 Å². The Hall–Kier alpha value is -0.0800. The standard InChI is InChI=1S/C7H16N2/c1-6-7(2)9-5-3-4-8-6/h6-9H,3-5H2,1-2H3/t6-,7-/m0/s1. The summed E-state index contributed by atoms with van der Waals surface area (Å²) in [7, 11) is 0. The lowest BCUT2D eigenvalue weighted by atomic mass is 10.2. The van der Waals surface area contributed by atoms with E-state index in [0.717, 1.165) is 0 Å². The normalized spacial score (nSPS) is 38.0. The Bertz CT molecular complexity index is 73.0. The summed E-state index contributed by atoms with van der Waals surface area (Å²) >= 11 is 0. The fourth-order valence-corrected chi connectivity index (χ4v) is 1.10. The monoisotopic (exact) mass is 128 g/mol. The highest BCUT2D eigenvalue weighted by Crippen LogP contribution is 1.95. The minimum Gasteiger partial charge on any atom is -0.313 e. The minimum absolute atomic E-state index is 0.632. The summed E-state index contributed by atoms with van der Waals surface area (Å²) in [5, 5.41) is 6.86. The van der Waals surface area contributed by atoms with Gasteiger partial charge in [-0.1, -0.05) is 0 Å². The fourth-order valence-electron chi connectivity index (χ4n) is 1.10.